The second-order valence-corrected chi connectivity index (χ2v) is 8.45. The lowest BCUT2D eigenvalue weighted by Crippen LogP contribution is -2.46. The molecular weight excluding hydrogens is 422 g/mol. The van der Waals surface area contributed by atoms with Crippen molar-refractivity contribution in [2.24, 2.45) is 0 Å². The third kappa shape index (κ3) is 4.04. The normalized spacial score (nSPS) is 14.8. The number of pyridine rings is 2. The van der Waals surface area contributed by atoms with Gasteiger partial charge in [-0.1, -0.05) is 18.5 Å². The van der Waals surface area contributed by atoms with Gasteiger partial charge >= 0.3 is 0 Å². The van der Waals surface area contributed by atoms with Gasteiger partial charge in [-0.2, -0.15) is 0 Å². The number of benzene rings is 1. The predicted molar refractivity (Wildman–Crippen MR) is 131 cm³/mol. The van der Waals surface area contributed by atoms with Gasteiger partial charge in [0.1, 0.15) is 11.6 Å². The molecule has 1 aliphatic rings. The molecule has 32 heavy (non-hydrogen) atoms. The maximum Gasteiger partial charge on any atom is 0.137 e. The number of ether oxygens (including phenoxy) is 1. The number of methoxy groups -OCH3 is 1. The molecule has 0 amide bonds. The minimum atomic E-state index is 0.667. The predicted octanol–water partition coefficient (Wildman–Crippen LogP) is 5.10. The van der Waals surface area contributed by atoms with Crippen LogP contribution in [0.15, 0.2) is 55.0 Å². The van der Waals surface area contributed by atoms with Gasteiger partial charge in [0.2, 0.25) is 0 Å². The van der Waals surface area contributed by atoms with Gasteiger partial charge in [-0.05, 0) is 42.9 Å². The summed E-state index contributed by atoms with van der Waals surface area (Å²) >= 11 is 6.61. The van der Waals surface area contributed by atoms with E-state index in [0.717, 1.165) is 71.8 Å². The van der Waals surface area contributed by atoms with E-state index in [0.29, 0.717) is 10.8 Å². The molecular formula is C25H26ClN5O. The number of rotatable bonds is 5. The number of hydrogen-bond donors (Lipinski definition) is 1. The lowest BCUT2D eigenvalue weighted by atomic mass is 10.1. The number of aromatic nitrogens is 3. The first-order valence-corrected chi connectivity index (χ1v) is 11.3. The second kappa shape index (κ2) is 8.81. The van der Waals surface area contributed by atoms with Crippen LogP contribution in [0.5, 0.6) is 5.75 Å². The Morgan fingerprint density at radius 3 is 2.56 bits per heavy atom. The number of fused-ring (bicyclic) bond motifs is 1. The molecule has 7 heteroatoms. The van der Waals surface area contributed by atoms with Crippen molar-refractivity contribution in [1.29, 1.82) is 0 Å². The Morgan fingerprint density at radius 1 is 1.00 bits per heavy atom. The van der Waals surface area contributed by atoms with Crippen LogP contribution < -0.4 is 9.64 Å². The van der Waals surface area contributed by atoms with E-state index in [2.05, 4.69) is 51.0 Å². The van der Waals surface area contributed by atoms with Gasteiger partial charge in [0.25, 0.3) is 0 Å². The average molecular weight is 448 g/mol. The van der Waals surface area contributed by atoms with Crippen LogP contribution in [0, 0.1) is 0 Å². The first kappa shape index (κ1) is 20.8. The zero-order valence-corrected chi connectivity index (χ0v) is 19.1. The second-order valence-electron chi connectivity index (χ2n) is 8.04. The number of nitrogens with zero attached hydrogens (tertiary/aromatic N) is 4. The van der Waals surface area contributed by atoms with Gasteiger partial charge in [-0.25, -0.2) is 4.98 Å². The van der Waals surface area contributed by atoms with E-state index in [1.54, 1.807) is 19.5 Å². The zero-order chi connectivity index (χ0) is 22.1. The van der Waals surface area contributed by atoms with Crippen molar-refractivity contribution in [2.75, 3.05) is 44.7 Å². The third-order valence-corrected chi connectivity index (χ3v) is 6.48. The van der Waals surface area contributed by atoms with Crippen LogP contribution >= 0.6 is 11.6 Å². The monoisotopic (exact) mass is 447 g/mol. The molecule has 0 radical (unpaired) electrons. The van der Waals surface area contributed by atoms with Crippen LogP contribution in [0.4, 0.5) is 5.82 Å². The first-order valence-electron chi connectivity index (χ1n) is 10.9. The fourth-order valence-corrected chi connectivity index (χ4v) is 4.51. The summed E-state index contributed by atoms with van der Waals surface area (Å²) in [5.41, 5.74) is 4.91. The van der Waals surface area contributed by atoms with Crippen molar-refractivity contribution in [1.82, 2.24) is 19.9 Å². The zero-order valence-electron chi connectivity index (χ0n) is 18.3. The Hall–Kier alpha value is -3.09. The molecule has 3 aromatic heterocycles. The molecule has 164 valence electrons. The highest BCUT2D eigenvalue weighted by Gasteiger charge is 2.17. The number of anilines is 1. The number of likely N-dealkylation sites (N-methyl/N-ethyl adjacent to an activating group) is 1. The number of hydrogen-bond acceptors (Lipinski definition) is 5. The number of nitrogens with one attached hydrogen (secondary N) is 1. The SMILES string of the molecule is CCN1CCN(c2ccc(-c3cc4cc(-c5cncc(OC)c5)c(Cl)cc4[nH]3)cn2)CC1. The number of halogens is 1. The van der Waals surface area contributed by atoms with Crippen LogP contribution in [0.25, 0.3) is 33.3 Å². The van der Waals surface area contributed by atoms with E-state index in [1.165, 1.54) is 0 Å². The van der Waals surface area contributed by atoms with E-state index in [4.69, 9.17) is 21.3 Å². The molecule has 1 fully saturated rings. The minimum absolute atomic E-state index is 0.667. The van der Waals surface area contributed by atoms with Crippen LogP contribution in [0.3, 0.4) is 0 Å². The van der Waals surface area contributed by atoms with E-state index >= 15 is 0 Å². The van der Waals surface area contributed by atoms with Crippen LogP contribution in [0.2, 0.25) is 5.02 Å². The van der Waals surface area contributed by atoms with Gasteiger partial charge in [-0.3, -0.25) is 4.98 Å². The third-order valence-electron chi connectivity index (χ3n) is 6.17. The Kier molecular flexibility index (Phi) is 5.72. The summed E-state index contributed by atoms with van der Waals surface area (Å²) < 4.78 is 5.31. The molecule has 0 atom stereocenters. The summed E-state index contributed by atoms with van der Waals surface area (Å²) in [4.78, 5) is 17.3. The molecule has 4 heterocycles. The maximum absolute atomic E-state index is 6.61. The highest BCUT2D eigenvalue weighted by molar-refractivity contribution is 6.34. The standard InChI is InChI=1S/C25H26ClN5O/c1-3-30-6-8-31(9-7-30)25-5-4-17(15-28-25)23-12-18-11-21(22(26)13-24(18)29-23)19-10-20(32-2)16-27-14-19/h4-5,10-16,29H,3,6-9H2,1-2H3. The van der Waals surface area contributed by atoms with E-state index in [1.807, 2.05) is 18.3 Å². The summed E-state index contributed by atoms with van der Waals surface area (Å²) in [5, 5.41) is 1.75. The molecule has 1 aromatic carbocycles. The van der Waals surface area contributed by atoms with E-state index in [-0.39, 0.29) is 0 Å². The summed E-state index contributed by atoms with van der Waals surface area (Å²) in [6.45, 7) is 7.55. The molecule has 1 aliphatic heterocycles. The lowest BCUT2D eigenvalue weighted by molar-refractivity contribution is 0.270. The molecule has 5 rings (SSSR count). The molecule has 0 unspecified atom stereocenters. The highest BCUT2D eigenvalue weighted by Crippen LogP contribution is 2.35. The molecule has 1 saturated heterocycles. The van der Waals surface area contributed by atoms with Gasteiger partial charge < -0.3 is 19.5 Å². The minimum Gasteiger partial charge on any atom is -0.495 e. The largest absolute Gasteiger partial charge is 0.495 e. The number of piperazine rings is 1. The lowest BCUT2D eigenvalue weighted by Gasteiger charge is -2.34. The molecule has 4 aromatic rings. The van der Waals surface area contributed by atoms with Crippen molar-refractivity contribution >= 4 is 28.3 Å². The van der Waals surface area contributed by atoms with Gasteiger partial charge in [0.15, 0.2) is 0 Å². The molecule has 0 bridgehead atoms. The molecule has 1 N–H and O–H groups in total. The van der Waals surface area contributed by atoms with Crippen molar-refractivity contribution < 1.29 is 4.74 Å². The van der Waals surface area contributed by atoms with Crippen LogP contribution in [-0.4, -0.2) is 59.7 Å². The van der Waals surface area contributed by atoms with Gasteiger partial charge in [-0.15, -0.1) is 0 Å². The molecule has 6 nitrogen and oxygen atoms in total. The fourth-order valence-electron chi connectivity index (χ4n) is 4.23. The van der Waals surface area contributed by atoms with Crippen molar-refractivity contribution in [3.63, 3.8) is 0 Å². The molecule has 0 aliphatic carbocycles. The molecule has 0 spiro atoms. The van der Waals surface area contributed by atoms with Crippen molar-refractivity contribution in [3.8, 4) is 28.1 Å². The van der Waals surface area contributed by atoms with E-state index < -0.39 is 0 Å². The summed E-state index contributed by atoms with van der Waals surface area (Å²) in [6, 6.07) is 12.4. The van der Waals surface area contributed by atoms with Crippen LogP contribution in [0.1, 0.15) is 6.92 Å². The fraction of sp³-hybridized carbons (Fsp3) is 0.280. The Labute approximate surface area is 192 Å². The Balaban J connectivity index is 1.41. The summed E-state index contributed by atoms with van der Waals surface area (Å²) in [5.74, 6) is 1.74. The van der Waals surface area contributed by atoms with Gasteiger partial charge in [0, 0.05) is 71.9 Å². The molecule has 0 saturated carbocycles. The summed E-state index contributed by atoms with van der Waals surface area (Å²) in [6.07, 6.45) is 5.43. The maximum atomic E-state index is 6.61. The summed E-state index contributed by atoms with van der Waals surface area (Å²) in [7, 11) is 1.63. The quantitative estimate of drug-likeness (QED) is 0.461. The van der Waals surface area contributed by atoms with Crippen molar-refractivity contribution in [2.45, 2.75) is 6.92 Å². The van der Waals surface area contributed by atoms with Gasteiger partial charge in [0.05, 0.1) is 18.3 Å². The Bertz CT molecular complexity index is 1230. The number of H-pyrrole nitrogens is 1. The van der Waals surface area contributed by atoms with Crippen molar-refractivity contribution in [3.05, 3.63) is 60.0 Å². The Morgan fingerprint density at radius 2 is 1.84 bits per heavy atom. The van der Waals surface area contributed by atoms with Crippen LogP contribution in [-0.2, 0) is 0 Å². The smallest absolute Gasteiger partial charge is 0.137 e. The van der Waals surface area contributed by atoms with E-state index in [9.17, 15) is 0 Å². The highest BCUT2D eigenvalue weighted by atomic mass is 35.5. The first-order chi connectivity index (χ1) is 15.6. The topological polar surface area (TPSA) is 57.3 Å². The number of aromatic amines is 1. The average Bonchev–Trinajstić information content (AvgIpc) is 3.26.